The van der Waals surface area contributed by atoms with Crippen LogP contribution < -0.4 is 5.32 Å². The molecule has 0 saturated heterocycles. The predicted octanol–water partition coefficient (Wildman–Crippen LogP) is 1.51. The normalized spacial score (nSPS) is 23.3. The first-order valence-corrected chi connectivity index (χ1v) is 8.80. The average molecular weight is 338 g/mol. The predicted molar refractivity (Wildman–Crippen MR) is 90.2 cm³/mol. The first kappa shape index (κ1) is 18.9. The summed E-state index contributed by atoms with van der Waals surface area (Å²) in [5.74, 6) is -0.0708. The van der Waals surface area contributed by atoms with Crippen molar-refractivity contribution in [3.8, 4) is 0 Å². The SMILES string of the molecule is CC(C)[C@H](O)CC(=O)N[C@H]1CCCC[C@H]1n1cc(C(C)(C)O)nn1. The van der Waals surface area contributed by atoms with Crippen LogP contribution in [0.4, 0.5) is 0 Å². The molecular weight excluding hydrogens is 308 g/mol. The number of carbonyl (C=O) groups is 1. The van der Waals surface area contributed by atoms with Gasteiger partial charge in [0, 0.05) is 0 Å². The lowest BCUT2D eigenvalue weighted by atomic mass is 9.90. The molecule has 1 aliphatic carbocycles. The van der Waals surface area contributed by atoms with E-state index in [1.165, 1.54) is 0 Å². The standard InChI is InChI=1S/C17H30N4O3/c1-11(2)14(22)9-16(23)18-12-7-5-6-8-13(12)21-10-15(19-20-21)17(3,4)24/h10-14,22,24H,5-9H2,1-4H3,(H,18,23)/t12-,13+,14+/m0/s1. The van der Waals surface area contributed by atoms with Gasteiger partial charge in [0.2, 0.25) is 5.91 Å². The van der Waals surface area contributed by atoms with Crippen LogP contribution in [0.2, 0.25) is 0 Å². The summed E-state index contributed by atoms with van der Waals surface area (Å²) in [5.41, 5.74) is -0.513. The molecule has 136 valence electrons. The van der Waals surface area contributed by atoms with Gasteiger partial charge in [-0.1, -0.05) is 31.9 Å². The van der Waals surface area contributed by atoms with Gasteiger partial charge in [-0.15, -0.1) is 5.10 Å². The second-order valence-corrected chi connectivity index (χ2v) is 7.68. The van der Waals surface area contributed by atoms with E-state index in [9.17, 15) is 15.0 Å². The van der Waals surface area contributed by atoms with E-state index < -0.39 is 11.7 Å². The Morgan fingerprint density at radius 2 is 2.08 bits per heavy atom. The Bertz CT molecular complexity index is 550. The Labute approximate surface area is 143 Å². The number of carbonyl (C=O) groups excluding carboxylic acids is 1. The lowest BCUT2D eigenvalue weighted by Crippen LogP contribution is -2.44. The van der Waals surface area contributed by atoms with Crippen LogP contribution in [0.5, 0.6) is 0 Å². The Morgan fingerprint density at radius 1 is 1.42 bits per heavy atom. The van der Waals surface area contributed by atoms with Crippen LogP contribution >= 0.6 is 0 Å². The molecule has 2 rings (SSSR count). The van der Waals surface area contributed by atoms with Crippen LogP contribution in [0.25, 0.3) is 0 Å². The van der Waals surface area contributed by atoms with Crippen molar-refractivity contribution in [2.75, 3.05) is 0 Å². The molecule has 1 saturated carbocycles. The average Bonchev–Trinajstić information content (AvgIpc) is 2.97. The lowest BCUT2D eigenvalue weighted by Gasteiger charge is -2.32. The molecule has 1 aliphatic rings. The number of aliphatic hydroxyl groups is 2. The fourth-order valence-corrected chi connectivity index (χ4v) is 3.01. The number of nitrogens with zero attached hydrogens (tertiary/aromatic N) is 3. The third-order valence-corrected chi connectivity index (χ3v) is 4.72. The van der Waals surface area contributed by atoms with Crippen LogP contribution in [0.1, 0.15) is 71.5 Å². The summed E-state index contributed by atoms with van der Waals surface area (Å²) in [6.45, 7) is 7.15. The molecule has 1 aromatic heterocycles. The molecule has 1 amide bonds. The van der Waals surface area contributed by atoms with Gasteiger partial charge in [-0.2, -0.15) is 0 Å². The first-order chi connectivity index (χ1) is 11.2. The van der Waals surface area contributed by atoms with Crippen LogP contribution in [-0.4, -0.2) is 43.3 Å². The zero-order valence-corrected chi connectivity index (χ0v) is 15.1. The largest absolute Gasteiger partial charge is 0.392 e. The number of aromatic nitrogens is 3. The quantitative estimate of drug-likeness (QED) is 0.730. The topological polar surface area (TPSA) is 100 Å². The van der Waals surface area contributed by atoms with E-state index in [-0.39, 0.29) is 30.3 Å². The van der Waals surface area contributed by atoms with Crippen molar-refractivity contribution in [1.82, 2.24) is 20.3 Å². The van der Waals surface area contributed by atoms with Crippen LogP contribution in [0.15, 0.2) is 6.20 Å². The van der Waals surface area contributed by atoms with Crippen molar-refractivity contribution in [3.05, 3.63) is 11.9 Å². The minimum absolute atomic E-state index is 0.0260. The highest BCUT2D eigenvalue weighted by Crippen LogP contribution is 2.29. The van der Waals surface area contributed by atoms with E-state index >= 15 is 0 Å². The highest BCUT2D eigenvalue weighted by Gasteiger charge is 2.31. The van der Waals surface area contributed by atoms with Crippen molar-refractivity contribution >= 4 is 5.91 Å². The molecule has 0 unspecified atom stereocenters. The van der Waals surface area contributed by atoms with Gasteiger partial charge in [0.25, 0.3) is 0 Å². The molecule has 1 fully saturated rings. The van der Waals surface area contributed by atoms with Gasteiger partial charge in [-0.05, 0) is 32.6 Å². The fraction of sp³-hybridized carbons (Fsp3) is 0.824. The van der Waals surface area contributed by atoms with Gasteiger partial charge in [0.15, 0.2) is 0 Å². The molecule has 24 heavy (non-hydrogen) atoms. The van der Waals surface area contributed by atoms with Crippen molar-refractivity contribution in [2.45, 2.75) is 83.6 Å². The minimum atomic E-state index is -1.03. The van der Waals surface area contributed by atoms with Gasteiger partial charge in [-0.3, -0.25) is 4.79 Å². The van der Waals surface area contributed by atoms with Gasteiger partial charge in [0.05, 0.1) is 30.8 Å². The van der Waals surface area contributed by atoms with Crippen molar-refractivity contribution < 1.29 is 15.0 Å². The van der Waals surface area contributed by atoms with Gasteiger partial charge in [-0.25, -0.2) is 4.68 Å². The molecule has 1 heterocycles. The molecule has 0 bridgehead atoms. The number of hydrogen-bond donors (Lipinski definition) is 3. The molecule has 7 heteroatoms. The molecule has 0 spiro atoms. The molecule has 3 N–H and O–H groups in total. The summed E-state index contributed by atoms with van der Waals surface area (Å²) >= 11 is 0. The van der Waals surface area contributed by atoms with E-state index in [2.05, 4.69) is 15.6 Å². The number of amides is 1. The Morgan fingerprint density at radius 3 is 2.67 bits per heavy atom. The summed E-state index contributed by atoms with van der Waals surface area (Å²) < 4.78 is 1.76. The second-order valence-electron chi connectivity index (χ2n) is 7.68. The second kappa shape index (κ2) is 7.61. The number of nitrogens with one attached hydrogen (secondary N) is 1. The summed E-state index contributed by atoms with van der Waals surface area (Å²) in [5, 5.41) is 31.2. The lowest BCUT2D eigenvalue weighted by molar-refractivity contribution is -0.124. The molecule has 1 aromatic rings. The van der Waals surface area contributed by atoms with Gasteiger partial charge in [0.1, 0.15) is 11.3 Å². The molecule has 0 radical (unpaired) electrons. The highest BCUT2D eigenvalue weighted by molar-refractivity contribution is 5.76. The smallest absolute Gasteiger partial charge is 0.222 e. The van der Waals surface area contributed by atoms with E-state index in [1.807, 2.05) is 13.8 Å². The maximum atomic E-state index is 12.2. The maximum absolute atomic E-state index is 12.2. The fourth-order valence-electron chi connectivity index (χ4n) is 3.01. The zero-order chi connectivity index (χ0) is 17.9. The number of aliphatic hydroxyl groups excluding tert-OH is 1. The van der Waals surface area contributed by atoms with E-state index in [0.29, 0.717) is 5.69 Å². The van der Waals surface area contributed by atoms with E-state index in [0.717, 1.165) is 25.7 Å². The van der Waals surface area contributed by atoms with Gasteiger partial charge < -0.3 is 15.5 Å². The monoisotopic (exact) mass is 338 g/mol. The summed E-state index contributed by atoms with van der Waals surface area (Å²) in [6, 6.07) is 0.00413. The molecule has 7 nitrogen and oxygen atoms in total. The number of hydrogen-bond acceptors (Lipinski definition) is 5. The minimum Gasteiger partial charge on any atom is -0.392 e. The first-order valence-electron chi connectivity index (χ1n) is 8.80. The summed E-state index contributed by atoms with van der Waals surface area (Å²) in [6.07, 6.45) is 5.17. The highest BCUT2D eigenvalue weighted by atomic mass is 16.3. The van der Waals surface area contributed by atoms with E-state index in [1.54, 1.807) is 24.7 Å². The molecular formula is C17H30N4O3. The van der Waals surface area contributed by atoms with Crippen molar-refractivity contribution in [2.24, 2.45) is 5.92 Å². The summed E-state index contributed by atoms with van der Waals surface area (Å²) in [7, 11) is 0. The number of rotatable bonds is 6. The Kier molecular flexibility index (Phi) is 5.98. The van der Waals surface area contributed by atoms with Crippen LogP contribution in [0.3, 0.4) is 0 Å². The summed E-state index contributed by atoms with van der Waals surface area (Å²) in [4.78, 5) is 12.2. The Hall–Kier alpha value is -1.47. The van der Waals surface area contributed by atoms with Crippen LogP contribution in [-0.2, 0) is 10.4 Å². The third kappa shape index (κ3) is 4.77. The maximum Gasteiger partial charge on any atom is 0.222 e. The third-order valence-electron chi connectivity index (χ3n) is 4.72. The van der Waals surface area contributed by atoms with Crippen molar-refractivity contribution in [1.29, 1.82) is 0 Å². The Balaban J connectivity index is 2.05. The van der Waals surface area contributed by atoms with Gasteiger partial charge >= 0.3 is 0 Å². The van der Waals surface area contributed by atoms with E-state index in [4.69, 9.17) is 0 Å². The molecule has 0 aliphatic heterocycles. The zero-order valence-electron chi connectivity index (χ0n) is 15.1. The molecule has 0 aromatic carbocycles. The van der Waals surface area contributed by atoms with Crippen molar-refractivity contribution in [3.63, 3.8) is 0 Å². The molecule has 3 atom stereocenters. The van der Waals surface area contributed by atoms with Crippen LogP contribution in [0, 0.1) is 5.92 Å².